The molecule has 17 heavy (non-hydrogen) atoms. The SMILES string of the molecule is COCc1ccccc1NC(=O)c1cn[nH]c1. The summed E-state index contributed by atoms with van der Waals surface area (Å²) in [5.74, 6) is -0.192. The van der Waals surface area contributed by atoms with Crippen LogP contribution in [-0.4, -0.2) is 23.2 Å². The number of methoxy groups -OCH3 is 1. The van der Waals surface area contributed by atoms with E-state index in [1.54, 1.807) is 13.3 Å². The summed E-state index contributed by atoms with van der Waals surface area (Å²) < 4.78 is 5.07. The fraction of sp³-hybridized carbons (Fsp3) is 0.167. The summed E-state index contributed by atoms with van der Waals surface area (Å²) >= 11 is 0. The predicted octanol–water partition coefficient (Wildman–Crippen LogP) is 1.81. The first-order valence-electron chi connectivity index (χ1n) is 5.18. The third kappa shape index (κ3) is 2.70. The van der Waals surface area contributed by atoms with Crippen LogP contribution in [0.2, 0.25) is 0 Å². The van der Waals surface area contributed by atoms with Crippen molar-refractivity contribution < 1.29 is 9.53 Å². The highest BCUT2D eigenvalue weighted by Gasteiger charge is 2.09. The Bertz CT molecular complexity index is 494. The van der Waals surface area contributed by atoms with Crippen molar-refractivity contribution in [3.8, 4) is 0 Å². The lowest BCUT2D eigenvalue weighted by atomic mass is 10.2. The van der Waals surface area contributed by atoms with Gasteiger partial charge in [0.05, 0.1) is 18.4 Å². The van der Waals surface area contributed by atoms with Crippen LogP contribution in [0.25, 0.3) is 0 Å². The minimum atomic E-state index is -0.192. The average Bonchev–Trinajstić information content (AvgIpc) is 2.85. The first-order chi connectivity index (χ1) is 8.31. The number of ether oxygens (including phenoxy) is 1. The molecule has 2 N–H and O–H groups in total. The van der Waals surface area contributed by atoms with Gasteiger partial charge in [0.2, 0.25) is 0 Å². The Morgan fingerprint density at radius 1 is 1.47 bits per heavy atom. The van der Waals surface area contributed by atoms with E-state index in [1.165, 1.54) is 6.20 Å². The molecule has 2 rings (SSSR count). The quantitative estimate of drug-likeness (QED) is 0.843. The van der Waals surface area contributed by atoms with Crippen molar-refractivity contribution >= 4 is 11.6 Å². The van der Waals surface area contributed by atoms with Crippen LogP contribution in [0.15, 0.2) is 36.7 Å². The number of nitrogens with one attached hydrogen (secondary N) is 2. The Balaban J connectivity index is 2.15. The maximum atomic E-state index is 11.8. The normalized spacial score (nSPS) is 10.2. The van der Waals surface area contributed by atoms with Crippen molar-refractivity contribution in [3.63, 3.8) is 0 Å². The lowest BCUT2D eigenvalue weighted by Crippen LogP contribution is -2.12. The number of para-hydroxylation sites is 1. The number of anilines is 1. The maximum absolute atomic E-state index is 11.8. The number of amides is 1. The van der Waals surface area contributed by atoms with E-state index < -0.39 is 0 Å². The van der Waals surface area contributed by atoms with E-state index in [0.29, 0.717) is 12.2 Å². The van der Waals surface area contributed by atoms with Gasteiger partial charge < -0.3 is 10.1 Å². The molecule has 2 aromatic rings. The Kier molecular flexibility index (Phi) is 3.52. The summed E-state index contributed by atoms with van der Waals surface area (Å²) in [5, 5.41) is 9.15. The van der Waals surface area contributed by atoms with Crippen LogP contribution < -0.4 is 5.32 Å². The fourth-order valence-corrected chi connectivity index (χ4v) is 1.49. The van der Waals surface area contributed by atoms with E-state index in [4.69, 9.17) is 4.74 Å². The van der Waals surface area contributed by atoms with Gasteiger partial charge in [0.15, 0.2) is 0 Å². The first kappa shape index (κ1) is 11.3. The van der Waals surface area contributed by atoms with E-state index in [9.17, 15) is 4.79 Å². The predicted molar refractivity (Wildman–Crippen MR) is 63.7 cm³/mol. The summed E-state index contributed by atoms with van der Waals surface area (Å²) in [6.45, 7) is 0.460. The van der Waals surface area contributed by atoms with Crippen LogP contribution in [0.4, 0.5) is 5.69 Å². The summed E-state index contributed by atoms with van der Waals surface area (Å²) in [6, 6.07) is 7.52. The molecular weight excluding hydrogens is 218 g/mol. The van der Waals surface area contributed by atoms with Crippen molar-refractivity contribution in [2.45, 2.75) is 6.61 Å². The van der Waals surface area contributed by atoms with Gasteiger partial charge in [-0.3, -0.25) is 9.89 Å². The molecule has 88 valence electrons. The minimum Gasteiger partial charge on any atom is -0.380 e. The first-order valence-corrected chi connectivity index (χ1v) is 5.18. The van der Waals surface area contributed by atoms with Crippen LogP contribution in [0, 0.1) is 0 Å². The molecule has 0 saturated carbocycles. The molecule has 0 aliphatic carbocycles. The molecule has 0 bridgehead atoms. The molecule has 1 aromatic heterocycles. The van der Waals surface area contributed by atoms with Gasteiger partial charge in [0.25, 0.3) is 5.91 Å². The molecule has 0 aliphatic rings. The second-order valence-electron chi connectivity index (χ2n) is 3.53. The summed E-state index contributed by atoms with van der Waals surface area (Å²) in [7, 11) is 1.62. The average molecular weight is 231 g/mol. The summed E-state index contributed by atoms with van der Waals surface area (Å²) in [5.41, 5.74) is 2.18. The van der Waals surface area contributed by atoms with Gasteiger partial charge in [-0.1, -0.05) is 18.2 Å². The van der Waals surface area contributed by atoms with Gasteiger partial charge in [-0.05, 0) is 6.07 Å². The van der Waals surface area contributed by atoms with Gasteiger partial charge in [0, 0.05) is 24.6 Å². The van der Waals surface area contributed by atoms with E-state index in [0.717, 1.165) is 11.3 Å². The number of carbonyl (C=O) groups is 1. The third-order valence-electron chi connectivity index (χ3n) is 2.33. The molecule has 0 fully saturated rings. The van der Waals surface area contributed by atoms with Crippen LogP contribution >= 0.6 is 0 Å². The second kappa shape index (κ2) is 5.27. The smallest absolute Gasteiger partial charge is 0.258 e. The summed E-state index contributed by atoms with van der Waals surface area (Å²) in [4.78, 5) is 11.8. The number of aromatic nitrogens is 2. The number of benzene rings is 1. The number of hydrogen-bond donors (Lipinski definition) is 2. The zero-order valence-corrected chi connectivity index (χ0v) is 9.43. The highest BCUT2D eigenvalue weighted by molar-refractivity contribution is 6.04. The van der Waals surface area contributed by atoms with E-state index in [-0.39, 0.29) is 5.91 Å². The topological polar surface area (TPSA) is 67.0 Å². The van der Waals surface area contributed by atoms with Crippen LogP contribution in [-0.2, 0) is 11.3 Å². The Labute approximate surface area is 98.8 Å². The fourth-order valence-electron chi connectivity index (χ4n) is 1.49. The number of carbonyl (C=O) groups excluding carboxylic acids is 1. The monoisotopic (exact) mass is 231 g/mol. The van der Waals surface area contributed by atoms with Crippen LogP contribution in [0.5, 0.6) is 0 Å². The number of aromatic amines is 1. The lowest BCUT2D eigenvalue weighted by Gasteiger charge is -2.09. The number of H-pyrrole nitrogens is 1. The van der Waals surface area contributed by atoms with E-state index in [1.807, 2.05) is 24.3 Å². The molecule has 1 heterocycles. The highest BCUT2D eigenvalue weighted by atomic mass is 16.5. The van der Waals surface area contributed by atoms with Gasteiger partial charge in [-0.25, -0.2) is 0 Å². The zero-order valence-electron chi connectivity index (χ0n) is 9.43. The van der Waals surface area contributed by atoms with E-state index in [2.05, 4.69) is 15.5 Å². The van der Waals surface area contributed by atoms with E-state index >= 15 is 0 Å². The standard InChI is InChI=1S/C12H13N3O2/c1-17-8-9-4-2-3-5-11(9)15-12(16)10-6-13-14-7-10/h2-7H,8H2,1H3,(H,13,14)(H,15,16). The van der Waals surface area contributed by atoms with Crippen molar-refractivity contribution in [3.05, 3.63) is 47.8 Å². The Morgan fingerprint density at radius 3 is 3.00 bits per heavy atom. The zero-order chi connectivity index (χ0) is 12.1. The Hall–Kier alpha value is -2.14. The molecule has 0 spiro atoms. The molecule has 0 unspecified atom stereocenters. The van der Waals surface area contributed by atoms with Crippen molar-refractivity contribution in [1.82, 2.24) is 10.2 Å². The number of nitrogens with zero attached hydrogens (tertiary/aromatic N) is 1. The molecule has 0 atom stereocenters. The second-order valence-corrected chi connectivity index (χ2v) is 3.53. The molecule has 0 aliphatic heterocycles. The van der Waals surface area contributed by atoms with Gasteiger partial charge in [0.1, 0.15) is 0 Å². The molecular formula is C12H13N3O2. The Morgan fingerprint density at radius 2 is 2.29 bits per heavy atom. The highest BCUT2D eigenvalue weighted by Crippen LogP contribution is 2.16. The third-order valence-corrected chi connectivity index (χ3v) is 2.33. The van der Waals surface area contributed by atoms with Gasteiger partial charge >= 0.3 is 0 Å². The minimum absolute atomic E-state index is 0.192. The number of hydrogen-bond acceptors (Lipinski definition) is 3. The van der Waals surface area contributed by atoms with Gasteiger partial charge in [-0.15, -0.1) is 0 Å². The van der Waals surface area contributed by atoms with Crippen LogP contribution in [0.3, 0.4) is 0 Å². The molecule has 5 nitrogen and oxygen atoms in total. The van der Waals surface area contributed by atoms with Crippen molar-refractivity contribution in [2.75, 3.05) is 12.4 Å². The van der Waals surface area contributed by atoms with Crippen LogP contribution in [0.1, 0.15) is 15.9 Å². The maximum Gasteiger partial charge on any atom is 0.258 e. The molecule has 1 amide bonds. The van der Waals surface area contributed by atoms with Crippen molar-refractivity contribution in [1.29, 1.82) is 0 Å². The lowest BCUT2D eigenvalue weighted by molar-refractivity contribution is 0.102. The molecule has 1 aromatic carbocycles. The number of rotatable bonds is 4. The largest absolute Gasteiger partial charge is 0.380 e. The van der Waals surface area contributed by atoms with Gasteiger partial charge in [-0.2, -0.15) is 5.10 Å². The molecule has 0 radical (unpaired) electrons. The molecule has 5 heteroatoms. The molecule has 0 saturated heterocycles. The van der Waals surface area contributed by atoms with Crippen molar-refractivity contribution in [2.24, 2.45) is 0 Å². The summed E-state index contributed by atoms with van der Waals surface area (Å²) in [6.07, 6.45) is 3.03.